The van der Waals surface area contributed by atoms with Gasteiger partial charge in [-0.05, 0) is 13.0 Å². The van der Waals surface area contributed by atoms with Crippen LogP contribution >= 0.6 is 0 Å². The van der Waals surface area contributed by atoms with Gasteiger partial charge in [0, 0.05) is 51.7 Å². The van der Waals surface area contributed by atoms with E-state index in [-0.39, 0.29) is 11.9 Å². The van der Waals surface area contributed by atoms with Crippen molar-refractivity contribution in [1.29, 1.82) is 0 Å². The molecule has 0 N–H and O–H groups in total. The highest BCUT2D eigenvalue weighted by atomic mass is 16.2. The number of carbonyl (C=O) groups is 1. The third kappa shape index (κ3) is 2.28. The SMILES string of the molecule is Cc1ccnc(N2CCN3CCN(C)C(=O)[C@@H]3C2)n1. The zero-order chi connectivity index (χ0) is 13.4. The average Bonchev–Trinajstić information content (AvgIpc) is 2.43. The van der Waals surface area contributed by atoms with Crippen LogP contribution in [0.1, 0.15) is 5.69 Å². The van der Waals surface area contributed by atoms with Crippen LogP contribution in [0.15, 0.2) is 12.3 Å². The molecule has 1 atom stereocenters. The Morgan fingerprint density at radius 3 is 2.84 bits per heavy atom. The summed E-state index contributed by atoms with van der Waals surface area (Å²) in [4.78, 5) is 27.2. The number of nitrogens with zero attached hydrogens (tertiary/aromatic N) is 5. The second kappa shape index (κ2) is 4.77. The van der Waals surface area contributed by atoms with Gasteiger partial charge in [-0.1, -0.05) is 0 Å². The fourth-order valence-corrected chi connectivity index (χ4v) is 2.74. The first kappa shape index (κ1) is 12.3. The molecule has 19 heavy (non-hydrogen) atoms. The summed E-state index contributed by atoms with van der Waals surface area (Å²) >= 11 is 0. The third-order valence-corrected chi connectivity index (χ3v) is 3.94. The van der Waals surface area contributed by atoms with Crippen LogP contribution in [0.5, 0.6) is 0 Å². The third-order valence-electron chi connectivity index (χ3n) is 3.94. The number of rotatable bonds is 1. The molecule has 1 aromatic heterocycles. The number of aromatic nitrogens is 2. The number of aryl methyl sites for hydroxylation is 1. The smallest absolute Gasteiger partial charge is 0.241 e. The zero-order valence-electron chi connectivity index (χ0n) is 11.4. The first-order chi connectivity index (χ1) is 9.15. The van der Waals surface area contributed by atoms with E-state index in [2.05, 4.69) is 19.8 Å². The first-order valence-electron chi connectivity index (χ1n) is 6.69. The van der Waals surface area contributed by atoms with Gasteiger partial charge in [-0.3, -0.25) is 9.69 Å². The highest BCUT2D eigenvalue weighted by Crippen LogP contribution is 2.19. The van der Waals surface area contributed by atoms with Crippen LogP contribution in [0.25, 0.3) is 0 Å². The molecule has 0 radical (unpaired) electrons. The molecule has 102 valence electrons. The molecule has 0 spiro atoms. The van der Waals surface area contributed by atoms with Gasteiger partial charge in [-0.2, -0.15) is 0 Å². The lowest BCUT2D eigenvalue weighted by atomic mass is 10.1. The van der Waals surface area contributed by atoms with Gasteiger partial charge >= 0.3 is 0 Å². The molecule has 1 aromatic rings. The summed E-state index contributed by atoms with van der Waals surface area (Å²) in [7, 11) is 1.88. The molecule has 2 aliphatic heterocycles. The van der Waals surface area contributed by atoms with Crippen molar-refractivity contribution < 1.29 is 4.79 Å². The van der Waals surface area contributed by atoms with Crippen LogP contribution in [0, 0.1) is 6.92 Å². The van der Waals surface area contributed by atoms with E-state index in [1.807, 2.05) is 24.9 Å². The molecule has 0 aliphatic carbocycles. The normalized spacial score (nSPS) is 24.5. The number of likely N-dealkylation sites (N-methyl/N-ethyl adjacent to an activating group) is 1. The lowest BCUT2D eigenvalue weighted by Gasteiger charge is -2.45. The average molecular weight is 261 g/mol. The van der Waals surface area contributed by atoms with E-state index >= 15 is 0 Å². The van der Waals surface area contributed by atoms with Gasteiger partial charge in [0.05, 0.1) is 0 Å². The number of hydrogen-bond donors (Lipinski definition) is 0. The molecule has 0 unspecified atom stereocenters. The van der Waals surface area contributed by atoms with Crippen molar-refractivity contribution in [3.63, 3.8) is 0 Å². The van der Waals surface area contributed by atoms with Crippen molar-refractivity contribution in [1.82, 2.24) is 19.8 Å². The van der Waals surface area contributed by atoms with E-state index in [1.54, 1.807) is 6.20 Å². The van der Waals surface area contributed by atoms with Gasteiger partial charge in [0.15, 0.2) is 0 Å². The maximum absolute atomic E-state index is 12.2. The lowest BCUT2D eigenvalue weighted by molar-refractivity contribution is -0.140. The standard InChI is InChI=1S/C13H19N5O/c1-10-3-4-14-13(15-10)18-8-7-17-6-5-16(2)12(19)11(17)9-18/h3-4,11H,5-9H2,1-2H3/t11-/m0/s1. The summed E-state index contributed by atoms with van der Waals surface area (Å²) in [5, 5.41) is 0. The Bertz CT molecular complexity index is 492. The second-order valence-electron chi connectivity index (χ2n) is 5.26. The summed E-state index contributed by atoms with van der Waals surface area (Å²) < 4.78 is 0. The lowest BCUT2D eigenvalue weighted by Crippen LogP contribution is -2.64. The van der Waals surface area contributed by atoms with Crippen LogP contribution in [0.2, 0.25) is 0 Å². The maximum Gasteiger partial charge on any atom is 0.241 e. The molecule has 2 fully saturated rings. The summed E-state index contributed by atoms with van der Waals surface area (Å²) in [6, 6.07) is 1.84. The fourth-order valence-electron chi connectivity index (χ4n) is 2.74. The van der Waals surface area contributed by atoms with Gasteiger partial charge in [0.1, 0.15) is 6.04 Å². The van der Waals surface area contributed by atoms with Gasteiger partial charge in [-0.25, -0.2) is 9.97 Å². The van der Waals surface area contributed by atoms with Gasteiger partial charge in [0.2, 0.25) is 11.9 Å². The van der Waals surface area contributed by atoms with Gasteiger partial charge < -0.3 is 9.80 Å². The van der Waals surface area contributed by atoms with E-state index in [4.69, 9.17) is 0 Å². The number of carbonyl (C=O) groups excluding carboxylic acids is 1. The fraction of sp³-hybridized carbons (Fsp3) is 0.615. The molecule has 6 heteroatoms. The minimum absolute atomic E-state index is 0.0448. The van der Waals surface area contributed by atoms with E-state index in [1.165, 1.54) is 0 Å². The second-order valence-corrected chi connectivity index (χ2v) is 5.26. The van der Waals surface area contributed by atoms with Crippen molar-refractivity contribution in [2.75, 3.05) is 44.7 Å². The van der Waals surface area contributed by atoms with Crippen molar-refractivity contribution in [2.45, 2.75) is 13.0 Å². The van der Waals surface area contributed by atoms with E-state index in [0.29, 0.717) is 6.54 Å². The minimum atomic E-state index is -0.0448. The highest BCUT2D eigenvalue weighted by molar-refractivity contribution is 5.83. The van der Waals surface area contributed by atoms with E-state index in [9.17, 15) is 4.79 Å². The maximum atomic E-state index is 12.2. The quantitative estimate of drug-likeness (QED) is 0.697. The van der Waals surface area contributed by atoms with Crippen LogP contribution < -0.4 is 4.90 Å². The number of amides is 1. The number of anilines is 1. The Labute approximate surface area is 113 Å². The molecule has 6 nitrogen and oxygen atoms in total. The minimum Gasteiger partial charge on any atom is -0.343 e. The summed E-state index contributed by atoms with van der Waals surface area (Å²) in [5.41, 5.74) is 0.958. The molecular weight excluding hydrogens is 242 g/mol. The molecule has 0 saturated carbocycles. The van der Waals surface area contributed by atoms with Crippen molar-refractivity contribution >= 4 is 11.9 Å². The number of hydrogen-bond acceptors (Lipinski definition) is 5. The molecule has 3 heterocycles. The Morgan fingerprint density at radius 2 is 2.05 bits per heavy atom. The Kier molecular flexibility index (Phi) is 3.10. The predicted molar refractivity (Wildman–Crippen MR) is 72.0 cm³/mol. The van der Waals surface area contributed by atoms with Crippen LogP contribution in [0.3, 0.4) is 0 Å². The highest BCUT2D eigenvalue weighted by Gasteiger charge is 2.37. The molecule has 2 aliphatic rings. The van der Waals surface area contributed by atoms with E-state index in [0.717, 1.165) is 37.8 Å². The topological polar surface area (TPSA) is 52.6 Å². The van der Waals surface area contributed by atoms with Gasteiger partial charge in [-0.15, -0.1) is 0 Å². The van der Waals surface area contributed by atoms with Crippen LogP contribution in [-0.4, -0.2) is 71.5 Å². The predicted octanol–water partition coefficient (Wildman–Crippen LogP) is -0.252. The summed E-state index contributed by atoms with van der Waals surface area (Å²) in [6.45, 7) is 6.23. The zero-order valence-corrected chi connectivity index (χ0v) is 11.4. The van der Waals surface area contributed by atoms with Crippen LogP contribution in [-0.2, 0) is 4.79 Å². The molecule has 1 amide bonds. The summed E-state index contributed by atoms with van der Waals surface area (Å²) in [6.07, 6.45) is 1.78. The molecule has 3 rings (SSSR count). The monoisotopic (exact) mass is 261 g/mol. The largest absolute Gasteiger partial charge is 0.343 e. The summed E-state index contributed by atoms with van der Waals surface area (Å²) in [5.74, 6) is 0.948. The Balaban J connectivity index is 1.79. The van der Waals surface area contributed by atoms with Gasteiger partial charge in [0.25, 0.3) is 0 Å². The van der Waals surface area contributed by atoms with Crippen LogP contribution in [0.4, 0.5) is 5.95 Å². The molecule has 2 saturated heterocycles. The molecular formula is C13H19N5O. The number of fused-ring (bicyclic) bond motifs is 1. The Hall–Kier alpha value is -1.69. The van der Waals surface area contributed by atoms with Crippen molar-refractivity contribution in [2.24, 2.45) is 0 Å². The van der Waals surface area contributed by atoms with Crippen molar-refractivity contribution in [3.8, 4) is 0 Å². The van der Waals surface area contributed by atoms with Crippen molar-refractivity contribution in [3.05, 3.63) is 18.0 Å². The number of piperazine rings is 2. The molecule has 0 aromatic carbocycles. The Morgan fingerprint density at radius 1 is 1.26 bits per heavy atom. The molecule has 0 bridgehead atoms. The first-order valence-corrected chi connectivity index (χ1v) is 6.69. The van der Waals surface area contributed by atoms with E-state index < -0.39 is 0 Å².